The smallest absolute Gasteiger partial charge is 0.290 e. The number of carbonyl (C=O) groups excluding carboxylic acids is 1. The highest BCUT2D eigenvalue weighted by Gasteiger charge is 2.15. The summed E-state index contributed by atoms with van der Waals surface area (Å²) in [5.41, 5.74) is 2.72. The van der Waals surface area contributed by atoms with E-state index in [9.17, 15) is 4.79 Å². The monoisotopic (exact) mass is 309 g/mol. The molecule has 0 fully saturated rings. The molecule has 1 amide bonds. The number of benzene rings is 1. The molecule has 104 valence electrons. The zero-order chi connectivity index (χ0) is 14.7. The van der Waals surface area contributed by atoms with Gasteiger partial charge in [-0.1, -0.05) is 23.2 Å². The number of hydrogen-bond acceptors (Lipinski definition) is 1. The van der Waals surface area contributed by atoms with Crippen molar-refractivity contribution >= 4 is 34.8 Å². The number of pyridine rings is 1. The molecule has 2 aromatic rings. The Bertz CT molecular complexity index is 650. The molecule has 0 saturated heterocycles. The fourth-order valence-electron chi connectivity index (χ4n) is 1.86. The summed E-state index contributed by atoms with van der Waals surface area (Å²) in [5.74, 6) is -0.145. The topological polar surface area (TPSA) is 33.0 Å². The van der Waals surface area contributed by atoms with Gasteiger partial charge in [0, 0.05) is 23.6 Å². The number of amides is 1. The van der Waals surface area contributed by atoms with Crippen LogP contribution in [0.5, 0.6) is 0 Å². The van der Waals surface area contributed by atoms with E-state index in [0.717, 1.165) is 11.3 Å². The van der Waals surface area contributed by atoms with Gasteiger partial charge in [0.1, 0.15) is 0 Å². The van der Waals surface area contributed by atoms with Crippen LogP contribution in [-0.4, -0.2) is 5.91 Å². The van der Waals surface area contributed by atoms with Crippen LogP contribution >= 0.6 is 23.2 Å². The number of nitrogens with one attached hydrogen (secondary N) is 1. The molecule has 0 aliphatic carbocycles. The van der Waals surface area contributed by atoms with Crippen molar-refractivity contribution in [1.29, 1.82) is 0 Å². The quantitative estimate of drug-likeness (QED) is 0.864. The van der Waals surface area contributed by atoms with Crippen molar-refractivity contribution in [3.8, 4) is 0 Å². The third-order valence-electron chi connectivity index (χ3n) is 3.13. The maximum absolute atomic E-state index is 12.1. The number of carbonyl (C=O) groups is 1. The van der Waals surface area contributed by atoms with Crippen molar-refractivity contribution in [2.24, 2.45) is 0 Å². The third-order valence-corrected chi connectivity index (χ3v) is 3.69. The third kappa shape index (κ3) is 3.50. The van der Waals surface area contributed by atoms with E-state index in [0.29, 0.717) is 15.7 Å². The number of aromatic nitrogens is 1. The van der Waals surface area contributed by atoms with Crippen LogP contribution in [0.2, 0.25) is 10.0 Å². The molecule has 0 unspecified atom stereocenters. The molecule has 1 heterocycles. The number of aryl methyl sites for hydroxylation is 1. The molecule has 1 aromatic heterocycles. The first-order chi connectivity index (χ1) is 9.47. The zero-order valence-corrected chi connectivity index (χ0v) is 12.8. The first-order valence-electron chi connectivity index (χ1n) is 6.18. The molecular formula is C15H15Cl2N2O+. The van der Waals surface area contributed by atoms with Gasteiger partial charge in [-0.3, -0.25) is 4.79 Å². The molecule has 0 aliphatic heterocycles. The van der Waals surface area contributed by atoms with Crippen LogP contribution in [-0.2, 0) is 11.3 Å². The predicted molar refractivity (Wildman–Crippen MR) is 81.2 cm³/mol. The van der Waals surface area contributed by atoms with Crippen molar-refractivity contribution in [2.45, 2.75) is 20.4 Å². The zero-order valence-electron chi connectivity index (χ0n) is 11.3. The minimum Gasteiger partial charge on any atom is -0.319 e. The van der Waals surface area contributed by atoms with Crippen molar-refractivity contribution in [2.75, 3.05) is 5.32 Å². The molecule has 1 N–H and O–H groups in total. The molecule has 0 spiro atoms. The average Bonchev–Trinajstić information content (AvgIpc) is 2.39. The Morgan fingerprint density at radius 2 is 2.00 bits per heavy atom. The summed E-state index contributed by atoms with van der Waals surface area (Å²) < 4.78 is 1.89. The minimum absolute atomic E-state index is 0.145. The minimum atomic E-state index is -0.145. The molecule has 0 radical (unpaired) electrons. The van der Waals surface area contributed by atoms with E-state index in [1.807, 2.05) is 36.7 Å². The maximum atomic E-state index is 12.1. The highest BCUT2D eigenvalue weighted by Crippen LogP contribution is 2.25. The summed E-state index contributed by atoms with van der Waals surface area (Å²) in [5, 5.41) is 3.77. The normalized spacial score (nSPS) is 10.4. The lowest BCUT2D eigenvalue weighted by atomic mass is 10.2. The molecule has 0 saturated carbocycles. The van der Waals surface area contributed by atoms with E-state index in [2.05, 4.69) is 5.32 Å². The van der Waals surface area contributed by atoms with Gasteiger partial charge in [-0.2, -0.15) is 4.57 Å². The molecule has 2 rings (SSSR count). The standard InChI is InChI=1S/C15H14Cl2N2O/c1-10-4-3-7-19(11(10)2)9-15(20)18-14-8-12(16)5-6-13(14)17/h3-8H,9H2,1-2H3/p+1. The molecule has 5 heteroatoms. The molecular weight excluding hydrogens is 295 g/mol. The number of halogens is 2. The van der Waals surface area contributed by atoms with Gasteiger partial charge < -0.3 is 5.32 Å². The largest absolute Gasteiger partial charge is 0.319 e. The molecule has 20 heavy (non-hydrogen) atoms. The summed E-state index contributed by atoms with van der Waals surface area (Å²) in [6, 6.07) is 8.90. The summed E-state index contributed by atoms with van der Waals surface area (Å²) in [4.78, 5) is 12.1. The summed E-state index contributed by atoms with van der Waals surface area (Å²) in [6.45, 7) is 4.23. The summed E-state index contributed by atoms with van der Waals surface area (Å²) in [7, 11) is 0. The lowest BCUT2D eigenvalue weighted by Gasteiger charge is -2.07. The Labute approximate surface area is 128 Å². The van der Waals surface area contributed by atoms with E-state index in [1.165, 1.54) is 0 Å². The number of hydrogen-bond donors (Lipinski definition) is 1. The molecule has 0 atom stereocenters. The van der Waals surface area contributed by atoms with Gasteiger partial charge >= 0.3 is 0 Å². The molecule has 3 nitrogen and oxygen atoms in total. The van der Waals surface area contributed by atoms with Crippen LogP contribution in [0.4, 0.5) is 5.69 Å². The molecule has 1 aromatic carbocycles. The van der Waals surface area contributed by atoms with Crippen LogP contribution < -0.4 is 9.88 Å². The maximum Gasteiger partial charge on any atom is 0.290 e. The van der Waals surface area contributed by atoms with E-state index < -0.39 is 0 Å². The fraction of sp³-hybridized carbons (Fsp3) is 0.200. The van der Waals surface area contributed by atoms with Crippen molar-refractivity contribution in [1.82, 2.24) is 0 Å². The van der Waals surface area contributed by atoms with E-state index in [4.69, 9.17) is 23.2 Å². The highest BCUT2D eigenvalue weighted by molar-refractivity contribution is 6.35. The van der Waals surface area contributed by atoms with E-state index >= 15 is 0 Å². The lowest BCUT2D eigenvalue weighted by Crippen LogP contribution is -2.43. The second-order valence-electron chi connectivity index (χ2n) is 4.58. The van der Waals surface area contributed by atoms with Gasteiger partial charge in [-0.25, -0.2) is 0 Å². The SMILES string of the molecule is Cc1ccc[n+](CC(=O)Nc2cc(Cl)ccc2Cl)c1C. The second-order valence-corrected chi connectivity index (χ2v) is 5.42. The van der Waals surface area contributed by atoms with Crippen LogP contribution in [0, 0.1) is 13.8 Å². The van der Waals surface area contributed by atoms with E-state index in [1.54, 1.807) is 18.2 Å². The number of rotatable bonds is 3. The van der Waals surface area contributed by atoms with Gasteiger partial charge in [0.05, 0.1) is 10.7 Å². The number of anilines is 1. The fourth-order valence-corrected chi connectivity index (χ4v) is 2.20. The van der Waals surface area contributed by atoms with Gasteiger partial charge in [0.2, 0.25) is 6.54 Å². The Kier molecular flexibility index (Phi) is 4.63. The lowest BCUT2D eigenvalue weighted by molar-refractivity contribution is -0.690. The van der Waals surface area contributed by atoms with Crippen LogP contribution in [0.3, 0.4) is 0 Å². The molecule has 0 bridgehead atoms. The van der Waals surface area contributed by atoms with Crippen LogP contribution in [0.1, 0.15) is 11.3 Å². The van der Waals surface area contributed by atoms with Crippen molar-refractivity contribution in [3.63, 3.8) is 0 Å². The predicted octanol–water partition coefficient (Wildman–Crippen LogP) is 3.54. The van der Waals surface area contributed by atoms with Gasteiger partial charge in [-0.15, -0.1) is 0 Å². The Balaban J connectivity index is 2.13. The van der Waals surface area contributed by atoms with Crippen molar-refractivity contribution in [3.05, 3.63) is 57.8 Å². The van der Waals surface area contributed by atoms with Gasteiger partial charge in [0.25, 0.3) is 5.91 Å². The Morgan fingerprint density at radius 1 is 1.25 bits per heavy atom. The Morgan fingerprint density at radius 3 is 2.75 bits per heavy atom. The van der Waals surface area contributed by atoms with Gasteiger partial charge in [0.15, 0.2) is 11.9 Å². The molecule has 0 aliphatic rings. The average molecular weight is 310 g/mol. The van der Waals surface area contributed by atoms with Crippen LogP contribution in [0.25, 0.3) is 0 Å². The highest BCUT2D eigenvalue weighted by atomic mass is 35.5. The summed E-state index contributed by atoms with van der Waals surface area (Å²) in [6.07, 6.45) is 1.88. The summed E-state index contributed by atoms with van der Waals surface area (Å²) >= 11 is 11.9. The van der Waals surface area contributed by atoms with Gasteiger partial charge in [-0.05, 0) is 31.2 Å². The first-order valence-corrected chi connectivity index (χ1v) is 6.93. The van der Waals surface area contributed by atoms with E-state index in [-0.39, 0.29) is 12.5 Å². The second kappa shape index (κ2) is 6.25. The van der Waals surface area contributed by atoms with Crippen LogP contribution in [0.15, 0.2) is 36.5 Å². The first kappa shape index (κ1) is 14.8. The van der Waals surface area contributed by atoms with Crippen molar-refractivity contribution < 1.29 is 9.36 Å². The number of nitrogens with zero attached hydrogens (tertiary/aromatic N) is 1. The Hall–Kier alpha value is -1.58.